The van der Waals surface area contributed by atoms with Crippen LogP contribution in [0.25, 0.3) is 6.08 Å². The smallest absolute Gasteiger partial charge is 0.338 e. The summed E-state index contributed by atoms with van der Waals surface area (Å²) >= 11 is 7.66. The summed E-state index contributed by atoms with van der Waals surface area (Å²) in [5.74, 6) is 0.652. The van der Waals surface area contributed by atoms with Crippen LogP contribution in [0.1, 0.15) is 31.0 Å². The van der Waals surface area contributed by atoms with Gasteiger partial charge in [-0.15, -0.1) is 0 Å². The summed E-state index contributed by atoms with van der Waals surface area (Å²) in [6.07, 6.45) is 1.71. The van der Waals surface area contributed by atoms with E-state index in [0.29, 0.717) is 42.7 Å². The number of ether oxygens (including phenoxy) is 3. The number of rotatable bonds is 4. The van der Waals surface area contributed by atoms with E-state index in [2.05, 4.69) is 4.99 Å². The van der Waals surface area contributed by atoms with Crippen molar-refractivity contribution in [2.24, 2.45) is 4.99 Å². The van der Waals surface area contributed by atoms with Gasteiger partial charge in [0.15, 0.2) is 16.3 Å². The van der Waals surface area contributed by atoms with Gasteiger partial charge in [0.1, 0.15) is 0 Å². The second-order valence-corrected chi connectivity index (χ2v) is 8.86. The van der Waals surface area contributed by atoms with E-state index in [-0.39, 0.29) is 19.0 Å². The maximum Gasteiger partial charge on any atom is 0.338 e. The van der Waals surface area contributed by atoms with E-state index in [9.17, 15) is 9.59 Å². The molecule has 0 N–H and O–H groups in total. The van der Waals surface area contributed by atoms with E-state index in [1.807, 2.05) is 30.3 Å². The molecule has 7 nitrogen and oxygen atoms in total. The van der Waals surface area contributed by atoms with Crippen LogP contribution >= 0.6 is 22.9 Å². The number of fused-ring (bicyclic) bond motifs is 2. The highest BCUT2D eigenvalue weighted by Gasteiger charge is 2.33. The van der Waals surface area contributed by atoms with Crippen LogP contribution in [0.5, 0.6) is 11.5 Å². The van der Waals surface area contributed by atoms with Gasteiger partial charge in [0.2, 0.25) is 6.79 Å². The molecule has 2 aliphatic heterocycles. The van der Waals surface area contributed by atoms with Gasteiger partial charge >= 0.3 is 5.97 Å². The molecule has 2 aliphatic rings. The van der Waals surface area contributed by atoms with Gasteiger partial charge in [-0.1, -0.05) is 53.3 Å². The molecule has 0 fully saturated rings. The molecule has 3 aromatic rings. The molecule has 0 saturated heterocycles. The summed E-state index contributed by atoms with van der Waals surface area (Å²) in [5, 5.41) is 0.438. The number of nitrogens with zero attached hydrogens (tertiary/aromatic N) is 2. The van der Waals surface area contributed by atoms with Crippen molar-refractivity contribution in [3.8, 4) is 11.5 Å². The Balaban J connectivity index is 1.71. The fraction of sp³-hybridized carbons (Fsp3) is 0.208. The summed E-state index contributed by atoms with van der Waals surface area (Å²) in [6.45, 7) is 3.86. The van der Waals surface area contributed by atoms with E-state index in [1.54, 1.807) is 36.6 Å². The van der Waals surface area contributed by atoms with Gasteiger partial charge in [0, 0.05) is 6.07 Å². The summed E-state index contributed by atoms with van der Waals surface area (Å²) < 4.78 is 18.1. The number of hydrogen-bond acceptors (Lipinski definition) is 7. The minimum atomic E-state index is -0.643. The lowest BCUT2D eigenvalue weighted by Crippen LogP contribution is -2.39. The van der Waals surface area contributed by atoms with Gasteiger partial charge in [-0.25, -0.2) is 9.79 Å². The molecule has 2 aromatic carbocycles. The lowest BCUT2D eigenvalue weighted by Gasteiger charge is -2.24. The van der Waals surface area contributed by atoms with Crippen LogP contribution in [0, 0.1) is 0 Å². The van der Waals surface area contributed by atoms with E-state index in [0.717, 1.165) is 5.56 Å². The lowest BCUT2D eigenvalue weighted by atomic mass is 9.96. The third-order valence-corrected chi connectivity index (χ3v) is 6.72. The molecule has 9 heteroatoms. The zero-order valence-electron chi connectivity index (χ0n) is 17.8. The molecule has 33 heavy (non-hydrogen) atoms. The van der Waals surface area contributed by atoms with E-state index >= 15 is 0 Å². The van der Waals surface area contributed by atoms with Gasteiger partial charge in [-0.2, -0.15) is 0 Å². The second-order valence-electron chi connectivity index (χ2n) is 7.44. The van der Waals surface area contributed by atoms with Gasteiger partial charge in [0.05, 0.1) is 33.5 Å². The summed E-state index contributed by atoms with van der Waals surface area (Å²) in [6, 6.07) is 12.2. The summed E-state index contributed by atoms with van der Waals surface area (Å²) in [7, 11) is 0. The molecule has 0 amide bonds. The number of aromatic nitrogens is 1. The third-order valence-electron chi connectivity index (χ3n) is 5.41. The standard InChI is InChI=1S/C24H19ClN2O5S/c1-3-30-23(29)20-13(2)26-24-27(21(20)14-7-5-4-6-8-14)22(28)19(33-24)10-15-9-17-18(11-16(15)25)32-12-31-17/h4-11,21H,3,12H2,1-2H3/b19-10-/t21-/m0/s1. The summed E-state index contributed by atoms with van der Waals surface area (Å²) in [5.41, 5.74) is 2.03. The Morgan fingerprint density at radius 3 is 2.73 bits per heavy atom. The average molecular weight is 483 g/mol. The number of hydrogen-bond donors (Lipinski definition) is 0. The van der Waals surface area contributed by atoms with Crippen LogP contribution < -0.4 is 24.4 Å². The zero-order chi connectivity index (χ0) is 23.1. The Bertz CT molecular complexity index is 1470. The summed E-state index contributed by atoms with van der Waals surface area (Å²) in [4.78, 5) is 31.5. The molecule has 1 aromatic heterocycles. The average Bonchev–Trinajstić information content (AvgIpc) is 3.37. The van der Waals surface area contributed by atoms with Crippen molar-refractivity contribution in [2.45, 2.75) is 19.9 Å². The number of benzene rings is 2. The quantitative estimate of drug-likeness (QED) is 0.534. The van der Waals surface area contributed by atoms with Gasteiger partial charge in [0.25, 0.3) is 5.56 Å². The first kappa shape index (κ1) is 21.5. The highest BCUT2D eigenvalue weighted by atomic mass is 35.5. The van der Waals surface area contributed by atoms with Crippen molar-refractivity contribution in [2.75, 3.05) is 13.4 Å². The molecule has 0 bridgehead atoms. The normalized spacial score (nSPS) is 17.1. The van der Waals surface area contributed by atoms with Crippen molar-refractivity contribution in [1.29, 1.82) is 0 Å². The first-order valence-electron chi connectivity index (χ1n) is 10.3. The second kappa shape index (κ2) is 8.53. The molecule has 168 valence electrons. The Kier molecular flexibility index (Phi) is 5.55. The van der Waals surface area contributed by atoms with Crippen LogP contribution in [0.3, 0.4) is 0 Å². The molecule has 0 spiro atoms. The predicted octanol–water partition coefficient (Wildman–Crippen LogP) is 3.18. The Morgan fingerprint density at radius 2 is 2.00 bits per heavy atom. The van der Waals surface area contributed by atoms with Gasteiger partial charge in [-0.3, -0.25) is 9.36 Å². The number of esters is 1. The molecule has 0 unspecified atom stereocenters. The number of allylic oxidation sites excluding steroid dienone is 1. The Morgan fingerprint density at radius 1 is 1.27 bits per heavy atom. The van der Waals surface area contributed by atoms with Crippen molar-refractivity contribution >= 4 is 35.0 Å². The molecule has 3 heterocycles. The minimum Gasteiger partial charge on any atom is -0.463 e. The number of carbonyl (C=O) groups excluding carboxylic acids is 1. The maximum absolute atomic E-state index is 13.6. The van der Waals surface area contributed by atoms with Crippen molar-refractivity contribution < 1.29 is 19.0 Å². The molecular formula is C24H19ClN2O5S. The van der Waals surface area contributed by atoms with Gasteiger partial charge in [-0.05, 0) is 37.1 Å². The first-order chi connectivity index (χ1) is 16.0. The van der Waals surface area contributed by atoms with Crippen LogP contribution in [-0.4, -0.2) is 23.9 Å². The fourth-order valence-electron chi connectivity index (χ4n) is 3.93. The molecule has 0 saturated carbocycles. The molecule has 5 rings (SSSR count). The molecule has 1 atom stereocenters. The minimum absolute atomic E-state index is 0.129. The largest absolute Gasteiger partial charge is 0.463 e. The van der Waals surface area contributed by atoms with Crippen LogP contribution in [-0.2, 0) is 9.53 Å². The van der Waals surface area contributed by atoms with E-state index in [1.165, 1.54) is 11.3 Å². The highest BCUT2D eigenvalue weighted by molar-refractivity contribution is 7.07. The third kappa shape index (κ3) is 3.75. The topological polar surface area (TPSA) is 79.1 Å². The Labute approximate surface area is 197 Å². The monoisotopic (exact) mass is 482 g/mol. The van der Waals surface area contributed by atoms with Crippen molar-refractivity contribution in [3.63, 3.8) is 0 Å². The fourth-order valence-corrected chi connectivity index (χ4v) is 5.17. The highest BCUT2D eigenvalue weighted by Crippen LogP contribution is 2.37. The molecule has 0 radical (unpaired) electrons. The SMILES string of the molecule is CCOC(=O)C1=C(C)N=c2s/c(=C\c3cc4c(cc3Cl)OCO4)c(=O)n2[C@H]1c1ccccc1. The number of thiazole rings is 1. The van der Waals surface area contributed by atoms with Gasteiger partial charge < -0.3 is 14.2 Å². The van der Waals surface area contributed by atoms with Crippen LogP contribution in [0.4, 0.5) is 0 Å². The predicted molar refractivity (Wildman–Crippen MR) is 124 cm³/mol. The molecular weight excluding hydrogens is 464 g/mol. The lowest BCUT2D eigenvalue weighted by molar-refractivity contribution is -0.139. The van der Waals surface area contributed by atoms with Crippen LogP contribution in [0.2, 0.25) is 5.02 Å². The number of carbonyl (C=O) groups is 1. The molecule has 0 aliphatic carbocycles. The van der Waals surface area contributed by atoms with Crippen LogP contribution in [0.15, 0.2) is 63.5 Å². The zero-order valence-corrected chi connectivity index (χ0v) is 19.4. The van der Waals surface area contributed by atoms with Crippen molar-refractivity contribution in [1.82, 2.24) is 4.57 Å². The maximum atomic E-state index is 13.6. The van der Waals surface area contributed by atoms with Crippen molar-refractivity contribution in [3.05, 3.63) is 89.6 Å². The van der Waals surface area contributed by atoms with E-state index < -0.39 is 12.0 Å². The number of halogens is 1. The first-order valence-corrected chi connectivity index (χ1v) is 11.5. The van der Waals surface area contributed by atoms with E-state index in [4.69, 9.17) is 25.8 Å². The Hall–Kier alpha value is -3.36.